The van der Waals surface area contributed by atoms with Gasteiger partial charge in [0.25, 0.3) is 0 Å². The fourth-order valence-electron chi connectivity index (χ4n) is 2.70. The van der Waals surface area contributed by atoms with Crippen molar-refractivity contribution in [1.29, 1.82) is 0 Å². The summed E-state index contributed by atoms with van der Waals surface area (Å²) in [4.78, 5) is 26.8. The second-order valence-electron chi connectivity index (χ2n) is 6.07. The van der Waals surface area contributed by atoms with Crippen molar-refractivity contribution in [1.82, 2.24) is 10.2 Å². The third-order valence-corrected chi connectivity index (χ3v) is 4.48. The average molecular weight is 266 g/mol. The van der Waals surface area contributed by atoms with Gasteiger partial charge >= 0.3 is 0 Å². The van der Waals surface area contributed by atoms with Crippen LogP contribution in [-0.4, -0.2) is 35.8 Å². The predicted molar refractivity (Wildman–Crippen MR) is 74.6 cm³/mol. The Morgan fingerprint density at radius 2 is 1.74 bits per heavy atom. The second-order valence-corrected chi connectivity index (χ2v) is 6.07. The molecular weight excluding hydrogens is 240 g/mol. The Bertz CT molecular complexity index is 342. The molecule has 2 rings (SSSR count). The zero-order valence-corrected chi connectivity index (χ0v) is 12.2. The molecule has 4 nitrogen and oxygen atoms in total. The molecule has 1 N–H and O–H groups in total. The first-order chi connectivity index (χ1) is 9.10. The topological polar surface area (TPSA) is 49.4 Å². The third-order valence-electron chi connectivity index (χ3n) is 4.48. The van der Waals surface area contributed by atoms with Crippen molar-refractivity contribution >= 4 is 11.8 Å². The molecule has 0 bridgehead atoms. The molecule has 2 amide bonds. The minimum absolute atomic E-state index is 0.0453. The first-order valence-electron chi connectivity index (χ1n) is 7.70. The molecule has 0 aromatic carbocycles. The summed E-state index contributed by atoms with van der Waals surface area (Å²) in [5.74, 6) is 0.0336. The maximum Gasteiger partial charge on any atom is 0.238 e. The molecule has 1 heterocycles. The Balaban J connectivity index is 1.98. The van der Waals surface area contributed by atoms with Gasteiger partial charge in [0.05, 0.1) is 0 Å². The van der Waals surface area contributed by atoms with Crippen LogP contribution in [0.3, 0.4) is 0 Å². The summed E-state index contributed by atoms with van der Waals surface area (Å²) < 4.78 is 0. The van der Waals surface area contributed by atoms with E-state index in [1.54, 1.807) is 0 Å². The molecule has 1 aliphatic heterocycles. The summed E-state index contributed by atoms with van der Waals surface area (Å²) in [5.41, 5.74) is -0.715. The summed E-state index contributed by atoms with van der Waals surface area (Å²) in [6.45, 7) is 5.69. The molecule has 0 aromatic rings. The van der Waals surface area contributed by atoms with Crippen LogP contribution in [0.25, 0.3) is 0 Å². The molecular formula is C15H26N2O2. The molecule has 0 radical (unpaired) electrons. The van der Waals surface area contributed by atoms with Crippen LogP contribution in [0.15, 0.2) is 0 Å². The summed E-state index contributed by atoms with van der Waals surface area (Å²) in [6, 6.07) is 0.155. The van der Waals surface area contributed by atoms with E-state index in [1.165, 1.54) is 12.8 Å². The third kappa shape index (κ3) is 3.10. The monoisotopic (exact) mass is 266 g/mol. The number of nitrogens with zero attached hydrogens (tertiary/aromatic N) is 1. The van der Waals surface area contributed by atoms with Crippen LogP contribution in [0.5, 0.6) is 0 Å². The van der Waals surface area contributed by atoms with Gasteiger partial charge in [-0.3, -0.25) is 9.59 Å². The van der Waals surface area contributed by atoms with Gasteiger partial charge < -0.3 is 10.2 Å². The quantitative estimate of drug-likeness (QED) is 0.792. The Morgan fingerprint density at radius 1 is 1.16 bits per heavy atom. The molecule has 4 heteroatoms. The number of nitrogens with one attached hydrogen (secondary N) is 1. The maximum atomic E-state index is 12.6. The van der Waals surface area contributed by atoms with Crippen LogP contribution in [0.1, 0.15) is 58.8 Å². The largest absolute Gasteiger partial charge is 0.353 e. The van der Waals surface area contributed by atoms with Crippen molar-refractivity contribution in [3.63, 3.8) is 0 Å². The number of carbonyl (C=O) groups is 2. The standard InChI is InChI=1S/C15H26N2O2/c1-3-12(2)16-13(18)15(8-9-15)14(19)17-10-6-4-5-7-11-17/h12H,3-11H2,1-2H3,(H,16,18). The first kappa shape index (κ1) is 14.4. The van der Waals surface area contributed by atoms with Gasteiger partial charge in [-0.15, -0.1) is 0 Å². The molecule has 1 aliphatic carbocycles. The van der Waals surface area contributed by atoms with Crippen LogP contribution >= 0.6 is 0 Å². The summed E-state index contributed by atoms with van der Waals surface area (Å²) >= 11 is 0. The van der Waals surface area contributed by atoms with Gasteiger partial charge in [0.15, 0.2) is 0 Å². The minimum Gasteiger partial charge on any atom is -0.353 e. The number of carbonyl (C=O) groups excluding carboxylic acids is 2. The molecule has 108 valence electrons. The molecule has 0 aromatic heterocycles. The predicted octanol–water partition coefficient (Wildman–Crippen LogP) is 2.08. The zero-order chi connectivity index (χ0) is 13.9. The van der Waals surface area contributed by atoms with E-state index in [0.717, 1.165) is 45.2 Å². The van der Waals surface area contributed by atoms with E-state index in [-0.39, 0.29) is 17.9 Å². The molecule has 1 saturated heterocycles. The van der Waals surface area contributed by atoms with E-state index >= 15 is 0 Å². The fourth-order valence-corrected chi connectivity index (χ4v) is 2.70. The Labute approximate surface area is 115 Å². The van der Waals surface area contributed by atoms with Gasteiger partial charge in [0.2, 0.25) is 11.8 Å². The molecule has 1 unspecified atom stereocenters. The highest BCUT2D eigenvalue weighted by molar-refractivity contribution is 6.07. The van der Waals surface area contributed by atoms with E-state index in [4.69, 9.17) is 0 Å². The van der Waals surface area contributed by atoms with E-state index in [9.17, 15) is 9.59 Å². The van der Waals surface area contributed by atoms with E-state index in [0.29, 0.717) is 0 Å². The number of hydrogen-bond acceptors (Lipinski definition) is 2. The van der Waals surface area contributed by atoms with E-state index < -0.39 is 5.41 Å². The van der Waals surface area contributed by atoms with Crippen molar-refractivity contribution in [2.24, 2.45) is 5.41 Å². The van der Waals surface area contributed by atoms with Crippen LogP contribution in [0, 0.1) is 5.41 Å². The lowest BCUT2D eigenvalue weighted by molar-refractivity contribution is -0.144. The number of rotatable bonds is 4. The van der Waals surface area contributed by atoms with Crippen molar-refractivity contribution in [3.8, 4) is 0 Å². The fraction of sp³-hybridized carbons (Fsp3) is 0.867. The van der Waals surface area contributed by atoms with Crippen LogP contribution < -0.4 is 5.32 Å². The summed E-state index contributed by atoms with van der Waals surface area (Å²) in [5, 5.41) is 2.98. The second kappa shape index (κ2) is 5.93. The molecule has 1 atom stereocenters. The van der Waals surface area contributed by atoms with Gasteiger partial charge in [-0.2, -0.15) is 0 Å². The van der Waals surface area contributed by atoms with Crippen LogP contribution in [0.2, 0.25) is 0 Å². The first-order valence-corrected chi connectivity index (χ1v) is 7.70. The van der Waals surface area contributed by atoms with Gasteiger partial charge in [-0.25, -0.2) is 0 Å². The van der Waals surface area contributed by atoms with Gasteiger partial charge in [0.1, 0.15) is 5.41 Å². The lowest BCUT2D eigenvalue weighted by Gasteiger charge is -2.26. The Hall–Kier alpha value is -1.06. The van der Waals surface area contributed by atoms with E-state index in [2.05, 4.69) is 5.32 Å². The van der Waals surface area contributed by atoms with Crippen molar-refractivity contribution < 1.29 is 9.59 Å². The molecule has 2 aliphatic rings. The van der Waals surface area contributed by atoms with Gasteiger partial charge in [0, 0.05) is 19.1 Å². The average Bonchev–Trinajstić information content (AvgIpc) is 3.22. The molecule has 19 heavy (non-hydrogen) atoms. The molecule has 0 spiro atoms. The normalized spacial score (nSPS) is 23.4. The minimum atomic E-state index is -0.715. The number of hydrogen-bond donors (Lipinski definition) is 1. The van der Waals surface area contributed by atoms with Crippen LogP contribution in [0.4, 0.5) is 0 Å². The molecule has 1 saturated carbocycles. The Kier molecular flexibility index (Phi) is 4.48. The van der Waals surface area contributed by atoms with Crippen molar-refractivity contribution in [2.75, 3.05) is 13.1 Å². The van der Waals surface area contributed by atoms with Crippen LogP contribution in [-0.2, 0) is 9.59 Å². The smallest absolute Gasteiger partial charge is 0.238 e. The highest BCUT2D eigenvalue weighted by Gasteiger charge is 2.57. The number of amides is 2. The summed E-state index contributed by atoms with van der Waals surface area (Å²) in [7, 11) is 0. The maximum absolute atomic E-state index is 12.6. The zero-order valence-electron chi connectivity index (χ0n) is 12.2. The lowest BCUT2D eigenvalue weighted by atomic mass is 10.0. The number of likely N-dealkylation sites (tertiary alicyclic amines) is 1. The van der Waals surface area contributed by atoms with Crippen molar-refractivity contribution in [2.45, 2.75) is 64.8 Å². The van der Waals surface area contributed by atoms with Gasteiger partial charge in [-0.05, 0) is 39.0 Å². The van der Waals surface area contributed by atoms with Crippen molar-refractivity contribution in [3.05, 3.63) is 0 Å². The van der Waals surface area contributed by atoms with E-state index in [1.807, 2.05) is 18.7 Å². The Morgan fingerprint density at radius 3 is 2.21 bits per heavy atom. The summed E-state index contributed by atoms with van der Waals surface area (Å²) in [6.07, 6.45) is 6.92. The molecule has 2 fully saturated rings. The highest BCUT2D eigenvalue weighted by atomic mass is 16.2. The van der Waals surface area contributed by atoms with Gasteiger partial charge in [-0.1, -0.05) is 19.8 Å². The highest BCUT2D eigenvalue weighted by Crippen LogP contribution is 2.47. The lowest BCUT2D eigenvalue weighted by Crippen LogP contribution is -2.47. The SMILES string of the molecule is CCC(C)NC(=O)C1(C(=O)N2CCCCCC2)CC1.